The van der Waals surface area contributed by atoms with E-state index >= 15 is 0 Å². The number of carbonyl (C=O) groups excluding carboxylic acids is 2. The number of thioether (sulfide) groups is 1. The molecule has 0 fully saturated rings. The van der Waals surface area contributed by atoms with Crippen LogP contribution in [0.25, 0.3) is 39.2 Å². The molecule has 0 saturated carbocycles. The first-order valence-electron chi connectivity index (χ1n) is 15.2. The molecular weight excluding hydrogens is 733 g/mol. The maximum atomic E-state index is 11.1. The van der Waals surface area contributed by atoms with Gasteiger partial charge in [-0.3, -0.25) is 9.59 Å². The molecule has 0 radical (unpaired) electrons. The van der Waals surface area contributed by atoms with Gasteiger partial charge in [-0.2, -0.15) is 12.6 Å². The van der Waals surface area contributed by atoms with Crippen LogP contribution in [0.5, 0.6) is 0 Å². The van der Waals surface area contributed by atoms with Crippen LogP contribution in [-0.2, 0) is 20.7 Å². The Morgan fingerprint density at radius 3 is 2.34 bits per heavy atom. The van der Waals surface area contributed by atoms with E-state index in [1.807, 2.05) is 48.7 Å². The van der Waals surface area contributed by atoms with Gasteiger partial charge in [0, 0.05) is 60.5 Å². The van der Waals surface area contributed by atoms with Gasteiger partial charge in [0.05, 0.1) is 18.1 Å². The first-order chi connectivity index (χ1) is 22.7. The number of thiol groups is 1. The minimum absolute atomic E-state index is 0.164. The molecule has 4 nitrogen and oxygen atoms in total. The van der Waals surface area contributed by atoms with Crippen molar-refractivity contribution in [2.75, 3.05) is 18.1 Å². The second-order valence-electron chi connectivity index (χ2n) is 10.6. The van der Waals surface area contributed by atoms with E-state index in [0.29, 0.717) is 25.2 Å². The second kappa shape index (κ2) is 18.6. The number of benzene rings is 4. The average Bonchev–Trinajstić information content (AvgIpc) is 3.70. The van der Waals surface area contributed by atoms with Gasteiger partial charge in [-0.25, -0.2) is 0 Å². The number of hydrogen-bond donors (Lipinski definition) is 2. The Morgan fingerprint density at radius 2 is 1.62 bits per heavy atom. The van der Waals surface area contributed by atoms with E-state index < -0.39 is 0 Å². The lowest BCUT2D eigenvalue weighted by Gasteiger charge is -2.11. The molecule has 0 aliphatic heterocycles. The van der Waals surface area contributed by atoms with Gasteiger partial charge in [-0.15, -0.1) is 11.8 Å². The number of allylic oxidation sites excluding steroid dienone is 1. The second-order valence-corrected chi connectivity index (χ2v) is 13.8. The number of aromatic amines is 1. The smallest absolute Gasteiger partial charge is 0.306 e. The SMILES string of the molecule is CC(=O)CCSc1ccccc1-c1cc2cc[nH]c2cc1Cl.CCOC(=O)CCS.Clc1cc2c(cc1-c1ccccc1Br)C=CC2. The van der Waals surface area contributed by atoms with E-state index in [-0.39, 0.29) is 11.8 Å². The molecule has 1 aliphatic carbocycles. The van der Waals surface area contributed by atoms with Crippen molar-refractivity contribution >= 4 is 92.3 Å². The molecule has 47 heavy (non-hydrogen) atoms. The van der Waals surface area contributed by atoms with Gasteiger partial charge in [0.1, 0.15) is 5.78 Å². The van der Waals surface area contributed by atoms with Crippen molar-refractivity contribution in [3.63, 3.8) is 0 Å². The zero-order valence-corrected chi connectivity index (χ0v) is 31.0. The van der Waals surface area contributed by atoms with Crippen molar-refractivity contribution in [2.45, 2.75) is 38.0 Å². The van der Waals surface area contributed by atoms with E-state index in [0.717, 1.165) is 64.7 Å². The highest BCUT2D eigenvalue weighted by atomic mass is 79.9. The third kappa shape index (κ3) is 10.5. The van der Waals surface area contributed by atoms with Crippen LogP contribution >= 0.6 is 63.5 Å². The first-order valence-corrected chi connectivity index (χ1v) is 18.4. The molecule has 0 atom stereocenters. The summed E-state index contributed by atoms with van der Waals surface area (Å²) in [6.07, 6.45) is 8.24. The predicted octanol–water partition coefficient (Wildman–Crippen LogP) is 11.8. The highest BCUT2D eigenvalue weighted by Crippen LogP contribution is 2.38. The predicted molar refractivity (Wildman–Crippen MR) is 207 cm³/mol. The van der Waals surface area contributed by atoms with Crippen molar-refractivity contribution in [1.29, 1.82) is 0 Å². The summed E-state index contributed by atoms with van der Waals surface area (Å²) in [7, 11) is 0. The molecule has 0 amide bonds. The van der Waals surface area contributed by atoms with E-state index in [1.54, 1.807) is 25.6 Å². The molecule has 5 aromatic rings. The molecule has 9 heteroatoms. The lowest BCUT2D eigenvalue weighted by molar-refractivity contribution is -0.142. The molecule has 1 heterocycles. The Hall–Kier alpha value is -2.94. The van der Waals surface area contributed by atoms with Gasteiger partial charge in [-0.05, 0) is 85.0 Å². The molecule has 1 N–H and O–H groups in total. The molecule has 0 spiro atoms. The molecule has 0 saturated heterocycles. The molecule has 4 aromatic carbocycles. The standard InChI is InChI=1S/C18H16ClNOS.C15H10BrCl.C5H10O2S/c1-12(21)7-9-22-18-5-3-2-4-14(18)15-10-13-6-8-20-17(13)11-16(15)19;16-14-7-2-1-6-12(14)13-8-10-4-3-5-11(10)9-15(13)17;1-2-7-5(6)3-4-8/h2-6,8,10-11,20H,7,9H2,1H3;1-4,6-9H,5H2;8H,2-4H2,1H3. The minimum atomic E-state index is -0.164. The Morgan fingerprint density at radius 1 is 0.915 bits per heavy atom. The lowest BCUT2D eigenvalue weighted by Crippen LogP contribution is -2.03. The summed E-state index contributed by atoms with van der Waals surface area (Å²) in [5.41, 5.74) is 8.00. The van der Waals surface area contributed by atoms with Crippen molar-refractivity contribution in [2.24, 2.45) is 0 Å². The average molecular weight is 770 g/mol. The summed E-state index contributed by atoms with van der Waals surface area (Å²) in [5, 5.41) is 2.69. The number of nitrogens with one attached hydrogen (secondary N) is 1. The summed E-state index contributed by atoms with van der Waals surface area (Å²) in [6, 6.07) is 26.7. The molecule has 0 bridgehead atoms. The van der Waals surface area contributed by atoms with Gasteiger partial charge < -0.3 is 9.72 Å². The van der Waals surface area contributed by atoms with Crippen molar-refractivity contribution in [3.8, 4) is 22.3 Å². The van der Waals surface area contributed by atoms with Gasteiger partial charge in [0.15, 0.2) is 0 Å². The van der Waals surface area contributed by atoms with Gasteiger partial charge in [0.25, 0.3) is 0 Å². The number of ketones is 1. The van der Waals surface area contributed by atoms with E-state index in [1.165, 1.54) is 11.1 Å². The number of rotatable bonds is 9. The maximum absolute atomic E-state index is 11.1. The van der Waals surface area contributed by atoms with Crippen LogP contribution < -0.4 is 0 Å². The summed E-state index contributed by atoms with van der Waals surface area (Å²) < 4.78 is 5.67. The number of aromatic nitrogens is 1. The quantitative estimate of drug-likeness (QED) is 0.0890. The molecule has 0 unspecified atom stereocenters. The number of carbonyl (C=O) groups is 2. The number of fused-ring (bicyclic) bond motifs is 2. The van der Waals surface area contributed by atoms with Gasteiger partial charge in [-0.1, -0.05) is 87.7 Å². The topological polar surface area (TPSA) is 59.2 Å². The molecule has 244 valence electrons. The Bertz CT molecular complexity index is 1860. The summed E-state index contributed by atoms with van der Waals surface area (Å²) >= 11 is 22.0. The number of Topliss-reactive ketones (excluding diaryl/α,β-unsaturated/α-hetero) is 1. The highest BCUT2D eigenvalue weighted by Gasteiger charge is 2.13. The van der Waals surface area contributed by atoms with Crippen LogP contribution in [0, 0.1) is 0 Å². The van der Waals surface area contributed by atoms with Crippen LogP contribution in [0.3, 0.4) is 0 Å². The van der Waals surface area contributed by atoms with E-state index in [9.17, 15) is 9.59 Å². The number of H-pyrrole nitrogens is 1. The Kier molecular flexibility index (Phi) is 14.6. The molecular formula is C38H36BrCl2NO3S2. The summed E-state index contributed by atoms with van der Waals surface area (Å²) in [5.74, 6) is 1.41. The number of ether oxygens (including phenoxy) is 1. The van der Waals surface area contributed by atoms with Crippen LogP contribution in [0.15, 0.2) is 101 Å². The normalized spacial score (nSPS) is 11.3. The monoisotopic (exact) mass is 767 g/mol. The molecule has 6 rings (SSSR count). The van der Waals surface area contributed by atoms with E-state index in [2.05, 4.69) is 86.8 Å². The fraction of sp³-hybridized carbons (Fsp3) is 0.211. The van der Waals surface area contributed by atoms with Crippen molar-refractivity contribution < 1.29 is 14.3 Å². The lowest BCUT2D eigenvalue weighted by atomic mass is 10.0. The molecule has 1 aliphatic rings. The fourth-order valence-corrected chi connectivity index (χ4v) is 7.24. The first kappa shape index (κ1) is 36.9. The van der Waals surface area contributed by atoms with Crippen LogP contribution in [-0.4, -0.2) is 34.8 Å². The number of hydrogen-bond acceptors (Lipinski definition) is 5. The summed E-state index contributed by atoms with van der Waals surface area (Å²) in [4.78, 5) is 25.8. The van der Waals surface area contributed by atoms with Crippen LogP contribution in [0.4, 0.5) is 0 Å². The zero-order valence-electron chi connectivity index (χ0n) is 26.2. The largest absolute Gasteiger partial charge is 0.466 e. The third-order valence-corrected chi connectivity index (χ3v) is 9.79. The number of halogens is 3. The third-order valence-electron chi connectivity index (χ3n) is 7.18. The minimum Gasteiger partial charge on any atom is -0.466 e. The Balaban J connectivity index is 0.000000177. The fourth-order valence-electron chi connectivity index (χ4n) is 4.89. The number of esters is 1. The molecule has 1 aromatic heterocycles. The van der Waals surface area contributed by atoms with Crippen molar-refractivity contribution in [1.82, 2.24) is 4.98 Å². The van der Waals surface area contributed by atoms with Crippen LogP contribution in [0.1, 0.15) is 37.8 Å². The van der Waals surface area contributed by atoms with E-state index in [4.69, 9.17) is 23.2 Å². The van der Waals surface area contributed by atoms with Gasteiger partial charge >= 0.3 is 5.97 Å². The van der Waals surface area contributed by atoms with Crippen LogP contribution in [0.2, 0.25) is 10.0 Å². The zero-order chi connectivity index (χ0) is 33.8. The maximum Gasteiger partial charge on any atom is 0.306 e. The highest BCUT2D eigenvalue weighted by molar-refractivity contribution is 9.10. The van der Waals surface area contributed by atoms with Crippen molar-refractivity contribution in [3.05, 3.63) is 117 Å². The van der Waals surface area contributed by atoms with Gasteiger partial charge in [0.2, 0.25) is 0 Å². The summed E-state index contributed by atoms with van der Waals surface area (Å²) in [6.45, 7) is 3.88. The Labute approximate surface area is 304 Å².